The van der Waals surface area contributed by atoms with Crippen LogP contribution in [0.1, 0.15) is 5.82 Å². The van der Waals surface area contributed by atoms with E-state index in [1.807, 2.05) is 23.6 Å². The van der Waals surface area contributed by atoms with Crippen LogP contribution in [0.15, 0.2) is 72.1 Å². The number of sulfonamides is 1. The Hall–Kier alpha value is -3.26. The number of imidazole rings is 1. The van der Waals surface area contributed by atoms with Crippen LogP contribution in [0.5, 0.6) is 0 Å². The zero-order valence-corrected chi connectivity index (χ0v) is 14.7. The summed E-state index contributed by atoms with van der Waals surface area (Å²) in [4.78, 5) is 12.8. The Morgan fingerprint density at radius 1 is 0.962 bits per heavy atom. The number of rotatable bonds is 4. The number of hydrogen-bond donors (Lipinski definition) is 1. The van der Waals surface area contributed by atoms with Crippen LogP contribution in [0.25, 0.3) is 16.7 Å². The Morgan fingerprint density at radius 2 is 1.81 bits per heavy atom. The number of anilines is 1. The minimum absolute atomic E-state index is 0.130. The van der Waals surface area contributed by atoms with E-state index in [1.165, 1.54) is 12.3 Å². The highest BCUT2D eigenvalue weighted by molar-refractivity contribution is 7.93. The van der Waals surface area contributed by atoms with Crippen molar-refractivity contribution < 1.29 is 8.42 Å². The van der Waals surface area contributed by atoms with Crippen molar-refractivity contribution in [1.29, 1.82) is 0 Å². The molecule has 4 aromatic rings. The van der Waals surface area contributed by atoms with Crippen LogP contribution in [0.3, 0.4) is 0 Å². The molecule has 0 aliphatic carbocycles. The number of fused-ring (bicyclic) bond motifs is 1. The van der Waals surface area contributed by atoms with Crippen molar-refractivity contribution in [3.05, 3.63) is 73.1 Å². The molecule has 0 aliphatic rings. The van der Waals surface area contributed by atoms with Gasteiger partial charge in [0.1, 0.15) is 16.5 Å². The van der Waals surface area contributed by atoms with Gasteiger partial charge >= 0.3 is 0 Å². The Labute approximate surface area is 150 Å². The smallest absolute Gasteiger partial charge is 0.264 e. The first-order valence-corrected chi connectivity index (χ1v) is 9.36. The average Bonchev–Trinajstić information content (AvgIpc) is 3.07. The predicted octanol–water partition coefficient (Wildman–Crippen LogP) is 2.92. The molecule has 130 valence electrons. The molecular formula is C18H15N5O2S. The zero-order chi connectivity index (χ0) is 18.1. The molecule has 0 spiro atoms. The summed E-state index contributed by atoms with van der Waals surface area (Å²) in [5.74, 6) is 1.46. The highest BCUT2D eigenvalue weighted by Crippen LogP contribution is 2.23. The van der Waals surface area contributed by atoms with Crippen molar-refractivity contribution in [2.24, 2.45) is 0 Å². The van der Waals surface area contributed by atoms with E-state index in [9.17, 15) is 8.42 Å². The molecule has 3 heterocycles. The second-order valence-corrected chi connectivity index (χ2v) is 7.34. The molecule has 0 saturated carbocycles. The quantitative estimate of drug-likeness (QED) is 0.600. The molecule has 0 saturated heterocycles. The number of para-hydroxylation sites is 1. The minimum atomic E-state index is -3.79. The van der Waals surface area contributed by atoms with Crippen LogP contribution in [0.2, 0.25) is 0 Å². The summed E-state index contributed by atoms with van der Waals surface area (Å²) in [6.07, 6.45) is 6.53. The lowest BCUT2D eigenvalue weighted by atomic mass is 10.2. The highest BCUT2D eigenvalue weighted by atomic mass is 32.2. The average molecular weight is 365 g/mol. The van der Waals surface area contributed by atoms with Gasteiger partial charge in [0.05, 0.1) is 17.4 Å². The molecule has 0 bridgehead atoms. The lowest BCUT2D eigenvalue weighted by molar-refractivity contribution is 0.602. The summed E-state index contributed by atoms with van der Waals surface area (Å²) in [5.41, 5.74) is 0.806. The maximum atomic E-state index is 12.8. The summed E-state index contributed by atoms with van der Waals surface area (Å²) in [6.45, 7) is 1.87. The molecule has 0 unspecified atom stereocenters. The fourth-order valence-electron chi connectivity index (χ4n) is 2.71. The van der Waals surface area contributed by atoms with E-state index in [0.29, 0.717) is 17.0 Å². The van der Waals surface area contributed by atoms with Crippen molar-refractivity contribution in [1.82, 2.24) is 19.5 Å². The molecule has 0 atom stereocenters. The molecule has 7 nitrogen and oxygen atoms in total. The number of aryl methyl sites for hydroxylation is 1. The monoisotopic (exact) mass is 365 g/mol. The summed E-state index contributed by atoms with van der Waals surface area (Å²) < 4.78 is 29.9. The lowest BCUT2D eigenvalue weighted by Crippen LogP contribution is -2.14. The van der Waals surface area contributed by atoms with E-state index in [1.54, 1.807) is 42.9 Å². The van der Waals surface area contributed by atoms with Gasteiger partial charge < -0.3 is 0 Å². The standard InChI is InChI=1S/C18H15N5O2S/c1-13-19-10-11-23(13)17-8-7-15(12-21-17)22-26(24,25)16-6-2-4-14-5-3-9-20-18(14)16/h2-12,22H,1H3. The third-order valence-electron chi connectivity index (χ3n) is 3.96. The van der Waals surface area contributed by atoms with Crippen LogP contribution in [-0.4, -0.2) is 27.9 Å². The number of aromatic nitrogens is 4. The minimum Gasteiger partial charge on any atom is -0.288 e. The molecule has 26 heavy (non-hydrogen) atoms. The van der Waals surface area contributed by atoms with Crippen molar-refractivity contribution in [2.75, 3.05) is 4.72 Å². The fraction of sp³-hybridized carbons (Fsp3) is 0.0556. The number of nitrogens with one attached hydrogen (secondary N) is 1. The van der Waals surface area contributed by atoms with Gasteiger partial charge in [0.2, 0.25) is 0 Å². The molecule has 0 amide bonds. The van der Waals surface area contributed by atoms with Gasteiger partial charge in [0, 0.05) is 24.0 Å². The van der Waals surface area contributed by atoms with Gasteiger partial charge in [-0.2, -0.15) is 0 Å². The van der Waals surface area contributed by atoms with E-state index >= 15 is 0 Å². The van der Waals surface area contributed by atoms with Crippen LogP contribution < -0.4 is 4.72 Å². The first-order chi connectivity index (χ1) is 12.5. The van der Waals surface area contributed by atoms with E-state index in [-0.39, 0.29) is 4.90 Å². The molecule has 4 rings (SSSR count). The Kier molecular flexibility index (Phi) is 3.89. The van der Waals surface area contributed by atoms with E-state index in [2.05, 4.69) is 19.7 Å². The van der Waals surface area contributed by atoms with Crippen molar-refractivity contribution >= 4 is 26.6 Å². The maximum Gasteiger partial charge on any atom is 0.264 e. The molecular weight excluding hydrogens is 350 g/mol. The van der Waals surface area contributed by atoms with E-state index in [0.717, 1.165) is 11.2 Å². The van der Waals surface area contributed by atoms with Crippen molar-refractivity contribution in [3.63, 3.8) is 0 Å². The maximum absolute atomic E-state index is 12.8. The Morgan fingerprint density at radius 3 is 2.54 bits per heavy atom. The normalized spacial score (nSPS) is 11.6. The molecule has 3 aromatic heterocycles. The van der Waals surface area contributed by atoms with Crippen molar-refractivity contribution in [3.8, 4) is 5.82 Å². The molecule has 1 N–H and O–H groups in total. The molecule has 0 radical (unpaired) electrons. The SMILES string of the molecule is Cc1nccn1-c1ccc(NS(=O)(=O)c2cccc3cccnc23)cn1. The predicted molar refractivity (Wildman–Crippen MR) is 98.6 cm³/mol. The fourth-order valence-corrected chi connectivity index (χ4v) is 3.94. The van der Waals surface area contributed by atoms with Crippen LogP contribution >= 0.6 is 0 Å². The molecule has 0 aliphatic heterocycles. The van der Waals surface area contributed by atoms with Crippen LogP contribution in [0.4, 0.5) is 5.69 Å². The third-order valence-corrected chi connectivity index (χ3v) is 5.37. The lowest BCUT2D eigenvalue weighted by Gasteiger charge is -2.10. The Bertz CT molecular complexity index is 1180. The number of pyridine rings is 2. The largest absolute Gasteiger partial charge is 0.288 e. The number of hydrogen-bond acceptors (Lipinski definition) is 5. The van der Waals surface area contributed by atoms with Gasteiger partial charge in [0.15, 0.2) is 0 Å². The first kappa shape index (κ1) is 16.2. The van der Waals surface area contributed by atoms with Crippen LogP contribution in [-0.2, 0) is 10.0 Å². The third kappa shape index (κ3) is 2.91. The molecule has 0 fully saturated rings. The van der Waals surface area contributed by atoms with Crippen molar-refractivity contribution in [2.45, 2.75) is 11.8 Å². The van der Waals surface area contributed by atoms with Crippen LogP contribution in [0, 0.1) is 6.92 Å². The van der Waals surface area contributed by atoms with Gasteiger partial charge in [-0.05, 0) is 31.2 Å². The topological polar surface area (TPSA) is 89.8 Å². The van der Waals surface area contributed by atoms with Gasteiger partial charge in [-0.3, -0.25) is 14.3 Å². The summed E-state index contributed by atoms with van der Waals surface area (Å²) in [6, 6.07) is 12.0. The van der Waals surface area contributed by atoms with Gasteiger partial charge in [-0.1, -0.05) is 18.2 Å². The second kappa shape index (κ2) is 6.23. The number of nitrogens with zero attached hydrogens (tertiary/aromatic N) is 4. The van der Waals surface area contributed by atoms with Gasteiger partial charge in [-0.15, -0.1) is 0 Å². The van der Waals surface area contributed by atoms with E-state index < -0.39 is 10.0 Å². The second-order valence-electron chi connectivity index (χ2n) is 5.69. The first-order valence-electron chi connectivity index (χ1n) is 7.87. The number of benzene rings is 1. The summed E-state index contributed by atoms with van der Waals surface area (Å²) >= 11 is 0. The Balaban J connectivity index is 1.67. The summed E-state index contributed by atoms with van der Waals surface area (Å²) in [5, 5.41) is 0.763. The molecule has 1 aromatic carbocycles. The zero-order valence-electron chi connectivity index (χ0n) is 13.9. The van der Waals surface area contributed by atoms with Gasteiger partial charge in [-0.25, -0.2) is 18.4 Å². The highest BCUT2D eigenvalue weighted by Gasteiger charge is 2.18. The van der Waals surface area contributed by atoms with Gasteiger partial charge in [0.25, 0.3) is 10.0 Å². The summed E-state index contributed by atoms with van der Waals surface area (Å²) in [7, 11) is -3.79. The molecule has 8 heteroatoms. The van der Waals surface area contributed by atoms with E-state index in [4.69, 9.17) is 0 Å².